The second kappa shape index (κ2) is 4.29. The normalized spacial score (nSPS) is 10.4. The summed E-state index contributed by atoms with van der Waals surface area (Å²) in [5.74, 6) is 1.02. The summed E-state index contributed by atoms with van der Waals surface area (Å²) in [5, 5.41) is 3.95. The predicted molar refractivity (Wildman–Crippen MR) is 67.4 cm³/mol. The first-order valence-corrected chi connectivity index (χ1v) is 5.43. The van der Waals surface area contributed by atoms with Gasteiger partial charge in [0.15, 0.2) is 0 Å². The van der Waals surface area contributed by atoms with Crippen LogP contribution in [0.5, 0.6) is 0 Å². The number of rotatable bonds is 2. The van der Waals surface area contributed by atoms with Crippen molar-refractivity contribution < 1.29 is 4.52 Å². The van der Waals surface area contributed by atoms with Crippen LogP contribution in [-0.2, 0) is 0 Å². The van der Waals surface area contributed by atoms with Gasteiger partial charge < -0.3 is 10.3 Å². The molecule has 0 aliphatic heterocycles. The number of pyridine rings is 1. The van der Waals surface area contributed by atoms with Gasteiger partial charge in [-0.2, -0.15) is 4.98 Å². The van der Waals surface area contributed by atoms with Crippen LogP contribution in [-0.4, -0.2) is 15.1 Å². The van der Waals surface area contributed by atoms with Crippen molar-refractivity contribution in [2.24, 2.45) is 0 Å². The minimum absolute atomic E-state index is 0.476. The summed E-state index contributed by atoms with van der Waals surface area (Å²) in [7, 11) is 0. The van der Waals surface area contributed by atoms with Gasteiger partial charge in [0.25, 0.3) is 5.89 Å². The van der Waals surface area contributed by atoms with Gasteiger partial charge in [-0.15, -0.1) is 0 Å². The van der Waals surface area contributed by atoms with Crippen molar-refractivity contribution >= 4 is 5.69 Å². The Morgan fingerprint density at radius 2 is 1.61 bits per heavy atom. The summed E-state index contributed by atoms with van der Waals surface area (Å²) in [6.45, 7) is 0. The molecule has 5 heteroatoms. The molecule has 0 radical (unpaired) electrons. The van der Waals surface area contributed by atoms with E-state index in [1.165, 1.54) is 0 Å². The van der Waals surface area contributed by atoms with Crippen molar-refractivity contribution in [2.45, 2.75) is 0 Å². The van der Waals surface area contributed by atoms with Crippen LogP contribution in [0.2, 0.25) is 0 Å². The summed E-state index contributed by atoms with van der Waals surface area (Å²) in [4.78, 5) is 8.28. The Kier molecular flexibility index (Phi) is 2.49. The number of benzene rings is 1. The quantitative estimate of drug-likeness (QED) is 0.693. The van der Waals surface area contributed by atoms with Crippen molar-refractivity contribution in [3.8, 4) is 22.8 Å². The molecule has 88 valence electrons. The highest BCUT2D eigenvalue weighted by molar-refractivity contribution is 5.61. The van der Waals surface area contributed by atoms with Crippen LogP contribution in [0.3, 0.4) is 0 Å². The van der Waals surface area contributed by atoms with Crippen LogP contribution < -0.4 is 5.73 Å². The van der Waals surface area contributed by atoms with Gasteiger partial charge in [0, 0.05) is 29.2 Å². The smallest absolute Gasteiger partial charge is 0.258 e. The molecule has 0 atom stereocenters. The second-order valence-corrected chi connectivity index (χ2v) is 3.78. The molecule has 2 heterocycles. The largest absolute Gasteiger partial charge is 0.399 e. The molecule has 0 saturated carbocycles. The first kappa shape index (κ1) is 10.5. The van der Waals surface area contributed by atoms with Gasteiger partial charge in [0.1, 0.15) is 0 Å². The number of nitrogen functional groups attached to an aromatic ring is 1. The number of nitrogens with zero attached hydrogens (tertiary/aromatic N) is 3. The summed E-state index contributed by atoms with van der Waals surface area (Å²) in [6, 6.07) is 11.0. The topological polar surface area (TPSA) is 77.8 Å². The third-order valence-corrected chi connectivity index (χ3v) is 2.52. The Hall–Kier alpha value is -2.69. The van der Waals surface area contributed by atoms with Crippen molar-refractivity contribution in [3.05, 3.63) is 48.8 Å². The van der Waals surface area contributed by atoms with Gasteiger partial charge in [-0.3, -0.25) is 4.98 Å². The molecule has 0 spiro atoms. The van der Waals surface area contributed by atoms with Crippen LogP contribution in [0.15, 0.2) is 53.3 Å². The zero-order valence-electron chi connectivity index (χ0n) is 9.45. The van der Waals surface area contributed by atoms with E-state index in [0.717, 1.165) is 11.1 Å². The number of hydrogen-bond acceptors (Lipinski definition) is 5. The fraction of sp³-hybridized carbons (Fsp3) is 0. The Bertz CT molecular complexity index is 646. The molecule has 0 aliphatic rings. The lowest BCUT2D eigenvalue weighted by atomic mass is 10.2. The molecule has 2 aromatic heterocycles. The highest BCUT2D eigenvalue weighted by atomic mass is 16.5. The van der Waals surface area contributed by atoms with E-state index in [9.17, 15) is 0 Å². The van der Waals surface area contributed by atoms with Gasteiger partial charge in [-0.05, 0) is 36.4 Å². The first-order chi connectivity index (χ1) is 8.83. The van der Waals surface area contributed by atoms with Crippen LogP contribution in [0, 0.1) is 0 Å². The molecule has 3 aromatic rings. The fourth-order valence-electron chi connectivity index (χ4n) is 1.58. The SMILES string of the molecule is Nc1ccc(-c2noc(-c3ccncc3)n2)cc1. The van der Waals surface area contributed by atoms with Crippen LogP contribution in [0.1, 0.15) is 0 Å². The van der Waals surface area contributed by atoms with Gasteiger partial charge >= 0.3 is 0 Å². The van der Waals surface area contributed by atoms with E-state index in [-0.39, 0.29) is 0 Å². The molecule has 3 rings (SSSR count). The van der Waals surface area contributed by atoms with E-state index in [1.807, 2.05) is 24.3 Å². The summed E-state index contributed by atoms with van der Waals surface area (Å²) >= 11 is 0. The summed E-state index contributed by atoms with van der Waals surface area (Å²) in [5.41, 5.74) is 8.05. The first-order valence-electron chi connectivity index (χ1n) is 5.43. The molecule has 0 unspecified atom stereocenters. The van der Waals surface area contributed by atoms with Gasteiger partial charge in [-0.1, -0.05) is 5.16 Å². The Labute approximate surface area is 103 Å². The minimum atomic E-state index is 0.476. The van der Waals surface area contributed by atoms with Crippen LogP contribution in [0.25, 0.3) is 22.8 Å². The molecule has 2 N–H and O–H groups in total. The van der Waals surface area contributed by atoms with Gasteiger partial charge in [0.05, 0.1) is 0 Å². The molecule has 0 amide bonds. The Morgan fingerprint density at radius 3 is 2.33 bits per heavy atom. The lowest BCUT2D eigenvalue weighted by molar-refractivity contribution is 0.432. The third-order valence-electron chi connectivity index (χ3n) is 2.52. The second-order valence-electron chi connectivity index (χ2n) is 3.78. The van der Waals surface area contributed by atoms with E-state index in [4.69, 9.17) is 10.3 Å². The summed E-state index contributed by atoms with van der Waals surface area (Å²) < 4.78 is 5.22. The fourth-order valence-corrected chi connectivity index (χ4v) is 1.58. The van der Waals surface area contributed by atoms with E-state index in [2.05, 4.69) is 15.1 Å². The van der Waals surface area contributed by atoms with Gasteiger partial charge in [0.2, 0.25) is 5.82 Å². The van der Waals surface area contributed by atoms with E-state index in [0.29, 0.717) is 17.4 Å². The maximum atomic E-state index is 5.63. The van der Waals surface area contributed by atoms with Crippen molar-refractivity contribution in [2.75, 3.05) is 5.73 Å². The number of anilines is 1. The maximum absolute atomic E-state index is 5.63. The number of hydrogen-bond donors (Lipinski definition) is 1. The zero-order chi connectivity index (χ0) is 12.4. The molecular weight excluding hydrogens is 228 g/mol. The molecule has 5 nitrogen and oxygen atoms in total. The average molecular weight is 238 g/mol. The van der Waals surface area contributed by atoms with Crippen molar-refractivity contribution in [3.63, 3.8) is 0 Å². The molecule has 0 saturated heterocycles. The van der Waals surface area contributed by atoms with Gasteiger partial charge in [-0.25, -0.2) is 0 Å². The van der Waals surface area contributed by atoms with Crippen molar-refractivity contribution in [1.29, 1.82) is 0 Å². The molecular formula is C13H10N4O. The standard InChI is InChI=1S/C13H10N4O/c14-11-3-1-9(2-4-11)12-16-13(18-17-12)10-5-7-15-8-6-10/h1-8H,14H2. The monoisotopic (exact) mass is 238 g/mol. The maximum Gasteiger partial charge on any atom is 0.258 e. The molecule has 0 aliphatic carbocycles. The number of aromatic nitrogens is 3. The van der Waals surface area contributed by atoms with Crippen LogP contribution >= 0.6 is 0 Å². The van der Waals surface area contributed by atoms with Crippen molar-refractivity contribution in [1.82, 2.24) is 15.1 Å². The van der Waals surface area contributed by atoms with Crippen LogP contribution in [0.4, 0.5) is 5.69 Å². The zero-order valence-corrected chi connectivity index (χ0v) is 9.45. The molecule has 1 aromatic carbocycles. The van der Waals surface area contributed by atoms with E-state index >= 15 is 0 Å². The Balaban J connectivity index is 1.97. The molecule has 18 heavy (non-hydrogen) atoms. The molecule has 0 fully saturated rings. The average Bonchev–Trinajstić information content (AvgIpc) is 2.90. The molecule has 0 bridgehead atoms. The summed E-state index contributed by atoms with van der Waals surface area (Å²) in [6.07, 6.45) is 3.37. The highest BCUT2D eigenvalue weighted by Gasteiger charge is 2.09. The minimum Gasteiger partial charge on any atom is -0.399 e. The van der Waals surface area contributed by atoms with E-state index in [1.54, 1.807) is 24.5 Å². The lowest BCUT2D eigenvalue weighted by Crippen LogP contribution is -1.85. The highest BCUT2D eigenvalue weighted by Crippen LogP contribution is 2.22. The Morgan fingerprint density at radius 1 is 0.889 bits per heavy atom. The van der Waals surface area contributed by atoms with E-state index < -0.39 is 0 Å². The third kappa shape index (κ3) is 1.93. The predicted octanol–water partition coefficient (Wildman–Crippen LogP) is 2.38. The lowest BCUT2D eigenvalue weighted by Gasteiger charge is -1.94. The number of nitrogens with two attached hydrogens (primary N) is 1.